The fourth-order valence-electron chi connectivity index (χ4n) is 2.74. The maximum absolute atomic E-state index is 12.9. The highest BCUT2D eigenvalue weighted by atomic mass is 19.4. The molecule has 1 aromatic carbocycles. The van der Waals surface area contributed by atoms with Crippen LogP contribution in [0.25, 0.3) is 0 Å². The van der Waals surface area contributed by atoms with E-state index >= 15 is 0 Å². The molecule has 2 rings (SSSR count). The zero-order valence-electron chi connectivity index (χ0n) is 14.2. The van der Waals surface area contributed by atoms with Gasteiger partial charge in [-0.25, -0.2) is 0 Å². The number of hydrogen-bond acceptors (Lipinski definition) is 2. The van der Waals surface area contributed by atoms with Crippen LogP contribution < -0.4 is 0 Å². The summed E-state index contributed by atoms with van der Waals surface area (Å²) < 4.78 is 77.5. The molecule has 148 valence electrons. The number of allylic oxidation sites excluding steroid dienone is 3. The third-order valence-corrected chi connectivity index (χ3v) is 4.22. The van der Waals surface area contributed by atoms with Gasteiger partial charge in [-0.1, -0.05) is 24.3 Å². The molecule has 1 aromatic rings. The van der Waals surface area contributed by atoms with E-state index in [9.17, 15) is 36.2 Å². The quantitative estimate of drug-likeness (QED) is 0.754. The molecular formula is C18H17F6NO2. The molecular weight excluding hydrogens is 376 g/mol. The van der Waals surface area contributed by atoms with E-state index in [4.69, 9.17) is 0 Å². The Balaban J connectivity index is 2.37. The summed E-state index contributed by atoms with van der Waals surface area (Å²) in [7, 11) is 0. The SMILES string of the molecule is CCN(C(=O)c1ccc(C(O)(C(F)(F)F)C(F)(F)F)cc1)C1=CCCC=C1. The molecule has 1 N–H and O–H groups in total. The van der Waals surface area contributed by atoms with Gasteiger partial charge in [-0.05, 0) is 38.0 Å². The number of rotatable bonds is 4. The number of likely N-dealkylation sites (N-methyl/N-ethyl adjacent to an activating group) is 1. The van der Waals surface area contributed by atoms with Gasteiger partial charge in [-0.3, -0.25) is 4.79 Å². The number of halogens is 6. The van der Waals surface area contributed by atoms with Crippen molar-refractivity contribution in [1.29, 1.82) is 0 Å². The molecule has 0 aromatic heterocycles. The molecule has 0 atom stereocenters. The maximum Gasteiger partial charge on any atom is 0.430 e. The van der Waals surface area contributed by atoms with Gasteiger partial charge in [0.25, 0.3) is 11.5 Å². The lowest BCUT2D eigenvalue weighted by Gasteiger charge is -2.32. The lowest BCUT2D eigenvalue weighted by molar-refractivity contribution is -0.376. The maximum atomic E-state index is 12.9. The van der Waals surface area contributed by atoms with E-state index in [-0.39, 0.29) is 12.1 Å². The Labute approximate surface area is 151 Å². The third-order valence-electron chi connectivity index (χ3n) is 4.22. The molecule has 0 bridgehead atoms. The molecule has 0 radical (unpaired) electrons. The number of amides is 1. The van der Waals surface area contributed by atoms with Crippen LogP contribution >= 0.6 is 0 Å². The predicted molar refractivity (Wildman–Crippen MR) is 85.6 cm³/mol. The predicted octanol–water partition coefficient (Wildman–Crippen LogP) is 4.69. The number of aliphatic hydroxyl groups is 1. The average molecular weight is 393 g/mol. The van der Waals surface area contributed by atoms with Crippen LogP contribution in [0.1, 0.15) is 35.7 Å². The van der Waals surface area contributed by atoms with Gasteiger partial charge in [0.1, 0.15) is 0 Å². The topological polar surface area (TPSA) is 40.5 Å². The van der Waals surface area contributed by atoms with Gasteiger partial charge in [0, 0.05) is 23.4 Å². The Morgan fingerprint density at radius 1 is 1.04 bits per heavy atom. The molecule has 0 heterocycles. The van der Waals surface area contributed by atoms with E-state index in [1.807, 2.05) is 12.2 Å². The summed E-state index contributed by atoms with van der Waals surface area (Å²) in [5.41, 5.74) is -5.90. The molecule has 1 amide bonds. The van der Waals surface area contributed by atoms with Crippen LogP contribution in [0.5, 0.6) is 0 Å². The van der Waals surface area contributed by atoms with E-state index in [0.29, 0.717) is 17.8 Å². The van der Waals surface area contributed by atoms with Crippen molar-refractivity contribution < 1.29 is 36.2 Å². The van der Waals surface area contributed by atoms with Gasteiger partial charge in [0.05, 0.1) is 0 Å². The zero-order valence-corrected chi connectivity index (χ0v) is 14.2. The second-order valence-electron chi connectivity index (χ2n) is 5.94. The first-order chi connectivity index (χ1) is 12.4. The Bertz CT molecular complexity index is 733. The van der Waals surface area contributed by atoms with E-state index < -0.39 is 29.4 Å². The second kappa shape index (κ2) is 7.38. The fraction of sp³-hybridized carbons (Fsp3) is 0.389. The van der Waals surface area contributed by atoms with Crippen LogP contribution in [0.15, 0.2) is 48.2 Å². The van der Waals surface area contributed by atoms with Crippen LogP contribution in [0.4, 0.5) is 26.3 Å². The Morgan fingerprint density at radius 2 is 1.59 bits per heavy atom. The highest BCUT2D eigenvalue weighted by Gasteiger charge is 2.71. The smallest absolute Gasteiger partial charge is 0.369 e. The lowest BCUT2D eigenvalue weighted by atomic mass is 9.91. The minimum atomic E-state index is -5.97. The molecule has 27 heavy (non-hydrogen) atoms. The van der Waals surface area contributed by atoms with Gasteiger partial charge in [-0.2, -0.15) is 26.3 Å². The first kappa shape index (κ1) is 21.0. The highest BCUT2D eigenvalue weighted by molar-refractivity contribution is 5.95. The summed E-state index contributed by atoms with van der Waals surface area (Å²) in [6.07, 6.45) is -4.99. The summed E-state index contributed by atoms with van der Waals surface area (Å²) in [6.45, 7) is 1.97. The van der Waals surface area contributed by atoms with Crippen molar-refractivity contribution in [3.63, 3.8) is 0 Å². The summed E-state index contributed by atoms with van der Waals surface area (Å²) >= 11 is 0. The molecule has 0 spiro atoms. The lowest BCUT2D eigenvalue weighted by Crippen LogP contribution is -2.53. The van der Waals surface area contributed by atoms with Crippen molar-refractivity contribution in [2.75, 3.05) is 6.54 Å². The van der Waals surface area contributed by atoms with Crippen LogP contribution in [0.2, 0.25) is 0 Å². The number of nitrogens with zero attached hydrogens (tertiary/aromatic N) is 1. The number of alkyl halides is 6. The first-order valence-corrected chi connectivity index (χ1v) is 8.08. The minimum Gasteiger partial charge on any atom is -0.369 e. The second-order valence-corrected chi connectivity index (χ2v) is 5.94. The van der Waals surface area contributed by atoms with Gasteiger partial charge in [0.2, 0.25) is 0 Å². The summed E-state index contributed by atoms with van der Waals surface area (Å²) in [5, 5.41) is 9.38. The summed E-state index contributed by atoms with van der Waals surface area (Å²) in [4.78, 5) is 13.9. The van der Waals surface area contributed by atoms with Crippen LogP contribution in [0, 0.1) is 0 Å². The van der Waals surface area contributed by atoms with Crippen molar-refractivity contribution in [3.05, 3.63) is 59.3 Å². The number of carbonyl (C=O) groups excluding carboxylic acids is 1. The van der Waals surface area contributed by atoms with Gasteiger partial charge in [-0.15, -0.1) is 0 Å². The minimum absolute atomic E-state index is 0.0906. The molecule has 0 saturated carbocycles. The number of benzene rings is 1. The molecule has 0 unspecified atom stereocenters. The van der Waals surface area contributed by atoms with Crippen LogP contribution in [-0.2, 0) is 5.60 Å². The Hall–Kier alpha value is -2.29. The van der Waals surface area contributed by atoms with Crippen molar-refractivity contribution in [3.8, 4) is 0 Å². The van der Waals surface area contributed by atoms with E-state index in [1.54, 1.807) is 13.0 Å². The van der Waals surface area contributed by atoms with Crippen LogP contribution in [0.3, 0.4) is 0 Å². The average Bonchev–Trinajstić information content (AvgIpc) is 2.60. The van der Waals surface area contributed by atoms with E-state index in [1.165, 1.54) is 4.90 Å². The van der Waals surface area contributed by atoms with Gasteiger partial charge >= 0.3 is 12.4 Å². The van der Waals surface area contributed by atoms with Crippen molar-refractivity contribution >= 4 is 5.91 Å². The molecule has 3 nitrogen and oxygen atoms in total. The standard InChI is InChI=1S/C18H17F6NO2/c1-2-25(14-6-4-3-5-7-14)15(26)12-8-10-13(11-9-12)16(27,17(19,20)21)18(22,23)24/h4,6-11,27H,2-3,5H2,1H3. The first-order valence-electron chi connectivity index (χ1n) is 8.08. The monoisotopic (exact) mass is 393 g/mol. The normalized spacial score (nSPS) is 15.5. The highest BCUT2D eigenvalue weighted by Crippen LogP contribution is 2.49. The van der Waals surface area contributed by atoms with Crippen molar-refractivity contribution in [2.45, 2.75) is 37.7 Å². The Morgan fingerprint density at radius 3 is 2.00 bits per heavy atom. The zero-order chi connectivity index (χ0) is 20.5. The number of carbonyl (C=O) groups is 1. The third kappa shape index (κ3) is 3.87. The molecule has 1 aliphatic carbocycles. The number of hydrogen-bond donors (Lipinski definition) is 1. The molecule has 0 fully saturated rings. The van der Waals surface area contributed by atoms with Crippen molar-refractivity contribution in [1.82, 2.24) is 4.90 Å². The van der Waals surface area contributed by atoms with Crippen LogP contribution in [-0.4, -0.2) is 34.8 Å². The molecule has 1 aliphatic rings. The Kier molecular flexibility index (Phi) is 5.74. The van der Waals surface area contributed by atoms with E-state index in [0.717, 1.165) is 25.0 Å². The van der Waals surface area contributed by atoms with Gasteiger partial charge in [0.15, 0.2) is 0 Å². The molecule has 9 heteroatoms. The van der Waals surface area contributed by atoms with Gasteiger partial charge < -0.3 is 10.0 Å². The molecule has 0 saturated heterocycles. The van der Waals surface area contributed by atoms with Crippen molar-refractivity contribution in [2.24, 2.45) is 0 Å². The molecule has 0 aliphatic heterocycles. The summed E-state index contributed by atoms with van der Waals surface area (Å²) in [5.74, 6) is -0.565. The largest absolute Gasteiger partial charge is 0.430 e. The van der Waals surface area contributed by atoms with E-state index in [2.05, 4.69) is 0 Å². The fourth-order valence-corrected chi connectivity index (χ4v) is 2.74. The summed E-state index contributed by atoms with van der Waals surface area (Å²) in [6, 6.07) is 2.62.